The monoisotopic (exact) mass is 234 g/mol. The maximum atomic E-state index is 13.2. The van der Waals surface area contributed by atoms with Gasteiger partial charge in [-0.25, -0.2) is 8.78 Å². The first-order valence-corrected chi connectivity index (χ1v) is 4.75. The molecule has 15 heavy (non-hydrogen) atoms. The molecule has 82 valence electrons. The molecule has 5 heteroatoms. The van der Waals surface area contributed by atoms with Crippen LogP contribution in [0.1, 0.15) is 23.7 Å². The summed E-state index contributed by atoms with van der Waals surface area (Å²) in [6, 6.07) is 1.70. The smallest absolute Gasteiger partial charge is 0.252 e. The van der Waals surface area contributed by atoms with E-state index in [1.807, 2.05) is 6.92 Å². The summed E-state index contributed by atoms with van der Waals surface area (Å²) in [5.74, 6) is -2.32. The van der Waals surface area contributed by atoms with E-state index in [-0.39, 0.29) is 12.2 Å². The predicted molar refractivity (Wildman–Crippen MR) is 52.3 cm³/mol. The van der Waals surface area contributed by atoms with Crippen molar-refractivity contribution < 1.29 is 18.3 Å². The van der Waals surface area contributed by atoms with E-state index >= 15 is 0 Å². The van der Waals surface area contributed by atoms with Crippen molar-refractivity contribution in [2.24, 2.45) is 0 Å². The van der Waals surface area contributed by atoms with Crippen molar-refractivity contribution in [2.45, 2.75) is 13.3 Å². The van der Waals surface area contributed by atoms with Crippen molar-refractivity contribution >= 4 is 16.8 Å². The average molecular weight is 235 g/mol. The third kappa shape index (κ3) is 2.89. The normalized spacial score (nSPS) is 10.1. The topological polar surface area (TPSA) is 26.3 Å². The Hall–Kier alpha value is -1.16. The number of halogens is 3. The second-order valence-electron chi connectivity index (χ2n) is 2.89. The van der Waals surface area contributed by atoms with Crippen molar-refractivity contribution in [3.63, 3.8) is 0 Å². The molecule has 1 aromatic carbocycles. The molecule has 0 bridgehead atoms. The van der Waals surface area contributed by atoms with Gasteiger partial charge < -0.3 is 4.74 Å². The molecule has 1 rings (SSSR count). The first-order chi connectivity index (χ1) is 7.06. The molecule has 2 nitrogen and oxygen atoms in total. The summed E-state index contributed by atoms with van der Waals surface area (Å²) in [5, 5.41) is -0.908. The van der Waals surface area contributed by atoms with E-state index < -0.39 is 22.6 Å². The molecule has 0 radical (unpaired) electrons. The predicted octanol–water partition coefficient (Wildman–Crippen LogP) is 3.13. The molecular formula is C10H9ClF2O2. The molecule has 0 aliphatic carbocycles. The number of hydrogen-bond donors (Lipinski definition) is 0. The third-order valence-corrected chi connectivity index (χ3v) is 1.89. The van der Waals surface area contributed by atoms with Gasteiger partial charge in [-0.15, -0.1) is 0 Å². The van der Waals surface area contributed by atoms with Gasteiger partial charge in [-0.3, -0.25) is 4.79 Å². The minimum Gasteiger partial charge on any atom is -0.488 e. The fourth-order valence-corrected chi connectivity index (χ4v) is 1.12. The Bertz CT molecular complexity index is 357. The van der Waals surface area contributed by atoms with E-state index in [1.54, 1.807) is 0 Å². The summed E-state index contributed by atoms with van der Waals surface area (Å²) in [6.45, 7) is 2.02. The second kappa shape index (κ2) is 5.07. The Morgan fingerprint density at radius 2 is 1.93 bits per heavy atom. The minimum absolute atomic E-state index is 0.210. The van der Waals surface area contributed by atoms with Gasteiger partial charge in [-0.2, -0.15) is 0 Å². The van der Waals surface area contributed by atoms with Crippen LogP contribution in [0.3, 0.4) is 0 Å². The van der Waals surface area contributed by atoms with Gasteiger partial charge in [-0.05, 0) is 30.2 Å². The molecule has 0 aliphatic rings. The van der Waals surface area contributed by atoms with Crippen LogP contribution in [0.25, 0.3) is 0 Å². The highest BCUT2D eigenvalue weighted by atomic mass is 35.5. The molecule has 0 atom stereocenters. The quantitative estimate of drug-likeness (QED) is 0.748. The number of carbonyl (C=O) groups is 1. The lowest BCUT2D eigenvalue weighted by atomic mass is 10.2. The van der Waals surface area contributed by atoms with E-state index in [1.165, 1.54) is 0 Å². The lowest BCUT2D eigenvalue weighted by Gasteiger charge is -2.07. The molecule has 0 amide bonds. The zero-order valence-electron chi connectivity index (χ0n) is 8.02. The molecule has 0 aliphatic heterocycles. The molecule has 0 saturated carbocycles. The maximum Gasteiger partial charge on any atom is 0.252 e. The zero-order chi connectivity index (χ0) is 11.4. The molecule has 0 aromatic heterocycles. The number of ether oxygens (including phenoxy) is 1. The largest absolute Gasteiger partial charge is 0.488 e. The molecule has 0 saturated heterocycles. The van der Waals surface area contributed by atoms with Gasteiger partial charge in [0.25, 0.3) is 5.24 Å². The molecule has 0 N–H and O–H groups in total. The summed E-state index contributed by atoms with van der Waals surface area (Å²) >= 11 is 5.09. The van der Waals surface area contributed by atoms with Crippen LogP contribution in [0, 0.1) is 11.6 Å². The summed E-state index contributed by atoms with van der Waals surface area (Å²) in [7, 11) is 0. The van der Waals surface area contributed by atoms with E-state index in [0.717, 1.165) is 12.1 Å². The van der Waals surface area contributed by atoms with Crippen LogP contribution >= 0.6 is 11.6 Å². The van der Waals surface area contributed by atoms with Crippen LogP contribution < -0.4 is 4.74 Å². The van der Waals surface area contributed by atoms with Crippen LogP contribution in [-0.4, -0.2) is 11.8 Å². The van der Waals surface area contributed by atoms with Crippen molar-refractivity contribution in [2.75, 3.05) is 6.61 Å². The third-order valence-electron chi connectivity index (χ3n) is 1.68. The fourth-order valence-electron chi connectivity index (χ4n) is 1.02. The summed E-state index contributed by atoms with van der Waals surface area (Å²) < 4.78 is 31.3. The van der Waals surface area contributed by atoms with E-state index in [9.17, 15) is 13.6 Å². The van der Waals surface area contributed by atoms with Crippen molar-refractivity contribution in [1.82, 2.24) is 0 Å². The van der Waals surface area contributed by atoms with Crippen LogP contribution in [0.5, 0.6) is 5.75 Å². The zero-order valence-corrected chi connectivity index (χ0v) is 8.78. The van der Waals surface area contributed by atoms with Gasteiger partial charge in [0.05, 0.1) is 6.61 Å². The molecule has 0 unspecified atom stereocenters. The average Bonchev–Trinajstić information content (AvgIpc) is 2.16. The van der Waals surface area contributed by atoms with Gasteiger partial charge in [0.1, 0.15) is 0 Å². The Kier molecular flexibility index (Phi) is 4.03. The minimum atomic E-state index is -0.924. The first kappa shape index (κ1) is 11.9. The number of rotatable bonds is 4. The summed E-state index contributed by atoms with van der Waals surface area (Å²) in [4.78, 5) is 10.7. The summed E-state index contributed by atoms with van der Waals surface area (Å²) in [6.07, 6.45) is 0.634. The summed E-state index contributed by atoms with van der Waals surface area (Å²) in [5.41, 5.74) is -0.226. The van der Waals surface area contributed by atoms with Crippen LogP contribution in [0.4, 0.5) is 8.78 Å². The molecule has 1 aromatic rings. The van der Waals surface area contributed by atoms with E-state index in [2.05, 4.69) is 0 Å². The highest BCUT2D eigenvalue weighted by Gasteiger charge is 2.14. The molecule has 0 heterocycles. The lowest BCUT2D eigenvalue weighted by molar-refractivity contribution is 0.108. The standard InChI is InChI=1S/C10H9ClF2O2/c1-2-3-15-9-7(12)4-6(10(11)14)5-8(9)13/h4-5H,2-3H2,1H3. The van der Waals surface area contributed by atoms with E-state index in [4.69, 9.17) is 16.3 Å². The molecular weight excluding hydrogens is 226 g/mol. The van der Waals surface area contributed by atoms with Crippen molar-refractivity contribution in [3.8, 4) is 5.75 Å². The van der Waals surface area contributed by atoms with Gasteiger partial charge >= 0.3 is 0 Å². The van der Waals surface area contributed by atoms with Crippen LogP contribution in [0.2, 0.25) is 0 Å². The van der Waals surface area contributed by atoms with Gasteiger partial charge in [-0.1, -0.05) is 6.92 Å². The van der Waals surface area contributed by atoms with Crippen LogP contribution in [-0.2, 0) is 0 Å². The van der Waals surface area contributed by atoms with E-state index in [0.29, 0.717) is 6.42 Å². The van der Waals surface area contributed by atoms with Gasteiger partial charge in [0.15, 0.2) is 17.4 Å². The Balaban J connectivity index is 3.04. The first-order valence-electron chi connectivity index (χ1n) is 4.38. The Morgan fingerprint density at radius 3 is 2.33 bits per heavy atom. The highest BCUT2D eigenvalue weighted by molar-refractivity contribution is 6.67. The second-order valence-corrected chi connectivity index (χ2v) is 3.23. The number of benzene rings is 1. The SMILES string of the molecule is CCCOc1c(F)cc(C(=O)Cl)cc1F. The Labute approximate surface area is 90.8 Å². The number of carbonyl (C=O) groups excluding carboxylic acids is 1. The number of hydrogen-bond acceptors (Lipinski definition) is 2. The van der Waals surface area contributed by atoms with Crippen LogP contribution in [0.15, 0.2) is 12.1 Å². The highest BCUT2D eigenvalue weighted by Crippen LogP contribution is 2.24. The van der Waals surface area contributed by atoms with Gasteiger partial charge in [0.2, 0.25) is 0 Å². The Morgan fingerprint density at radius 1 is 1.40 bits per heavy atom. The fraction of sp³-hybridized carbons (Fsp3) is 0.300. The maximum absolute atomic E-state index is 13.2. The molecule has 0 fully saturated rings. The van der Waals surface area contributed by atoms with Crippen molar-refractivity contribution in [1.29, 1.82) is 0 Å². The lowest BCUT2D eigenvalue weighted by Crippen LogP contribution is -2.02. The molecule has 0 spiro atoms. The van der Waals surface area contributed by atoms with Gasteiger partial charge in [0, 0.05) is 5.56 Å². The van der Waals surface area contributed by atoms with Crippen molar-refractivity contribution in [3.05, 3.63) is 29.3 Å².